The van der Waals surface area contributed by atoms with Gasteiger partial charge in [-0.1, -0.05) is 6.07 Å². The van der Waals surface area contributed by atoms with E-state index in [-0.39, 0.29) is 11.9 Å². The van der Waals surface area contributed by atoms with Gasteiger partial charge in [0, 0.05) is 18.0 Å². The van der Waals surface area contributed by atoms with E-state index in [4.69, 9.17) is 4.98 Å². The van der Waals surface area contributed by atoms with Crippen LogP contribution >= 0.6 is 11.3 Å². The molecule has 2 aliphatic rings. The molecule has 1 aliphatic carbocycles. The first kappa shape index (κ1) is 16.7. The third-order valence-corrected chi connectivity index (χ3v) is 6.34. The number of fused-ring (bicyclic) bond motifs is 1. The number of thiophene rings is 1. The molecule has 132 valence electrons. The Kier molecular flexibility index (Phi) is 4.61. The number of aryl methyl sites for hydroxylation is 2. The highest BCUT2D eigenvalue weighted by Gasteiger charge is 2.33. The average molecular weight is 356 g/mol. The molecule has 1 fully saturated rings. The lowest BCUT2D eigenvalue weighted by Crippen LogP contribution is -2.30. The van der Waals surface area contributed by atoms with Crippen LogP contribution in [0.3, 0.4) is 0 Å². The zero-order valence-corrected chi connectivity index (χ0v) is 15.8. The third-order valence-electron chi connectivity index (χ3n) is 5.12. The van der Waals surface area contributed by atoms with E-state index in [1.807, 2.05) is 4.90 Å². The summed E-state index contributed by atoms with van der Waals surface area (Å²) in [4.78, 5) is 24.4. The maximum absolute atomic E-state index is 13.1. The van der Waals surface area contributed by atoms with Crippen molar-refractivity contribution in [3.63, 3.8) is 0 Å². The number of likely N-dealkylation sites (tertiary alicyclic amines) is 1. The van der Waals surface area contributed by atoms with E-state index >= 15 is 0 Å². The Morgan fingerprint density at radius 1 is 1.32 bits per heavy atom. The van der Waals surface area contributed by atoms with Gasteiger partial charge in [-0.05, 0) is 70.0 Å². The van der Waals surface area contributed by atoms with Crippen molar-refractivity contribution in [1.82, 2.24) is 14.8 Å². The SMILES string of the molecule is CN(C)Cc1cccc([C@@H]2CCCN2C(=O)c2cc3c(s2)CCC3)n1. The van der Waals surface area contributed by atoms with Gasteiger partial charge >= 0.3 is 0 Å². The summed E-state index contributed by atoms with van der Waals surface area (Å²) in [7, 11) is 4.10. The second-order valence-electron chi connectivity index (χ2n) is 7.36. The molecule has 3 heterocycles. The van der Waals surface area contributed by atoms with E-state index in [1.54, 1.807) is 11.3 Å². The van der Waals surface area contributed by atoms with E-state index in [2.05, 4.69) is 43.3 Å². The van der Waals surface area contributed by atoms with Gasteiger partial charge < -0.3 is 9.80 Å². The topological polar surface area (TPSA) is 36.4 Å². The Bertz CT molecular complexity index is 761. The van der Waals surface area contributed by atoms with E-state index in [0.717, 1.165) is 55.0 Å². The largest absolute Gasteiger partial charge is 0.329 e. The number of rotatable bonds is 4. The lowest BCUT2D eigenvalue weighted by Gasteiger charge is -2.24. The quantitative estimate of drug-likeness (QED) is 0.840. The van der Waals surface area contributed by atoms with Crippen LogP contribution in [0.5, 0.6) is 0 Å². The fraction of sp³-hybridized carbons (Fsp3) is 0.500. The Hall–Kier alpha value is -1.72. The summed E-state index contributed by atoms with van der Waals surface area (Å²) >= 11 is 1.71. The highest BCUT2D eigenvalue weighted by atomic mass is 32.1. The van der Waals surface area contributed by atoms with Gasteiger partial charge in [0.15, 0.2) is 0 Å². The molecular weight excluding hydrogens is 330 g/mol. The van der Waals surface area contributed by atoms with Gasteiger partial charge in [0.1, 0.15) is 0 Å². The Balaban J connectivity index is 1.56. The molecule has 0 N–H and O–H groups in total. The second-order valence-corrected chi connectivity index (χ2v) is 8.50. The minimum atomic E-state index is 0.117. The molecule has 1 saturated heterocycles. The zero-order chi connectivity index (χ0) is 17.4. The number of hydrogen-bond acceptors (Lipinski definition) is 4. The minimum absolute atomic E-state index is 0.117. The van der Waals surface area contributed by atoms with Crippen LogP contribution in [0.4, 0.5) is 0 Å². The van der Waals surface area contributed by atoms with Crippen LogP contribution in [0.15, 0.2) is 24.3 Å². The summed E-state index contributed by atoms with van der Waals surface area (Å²) in [6.07, 6.45) is 5.59. The predicted octanol–water partition coefficient (Wildman–Crippen LogP) is 3.67. The maximum Gasteiger partial charge on any atom is 0.264 e. The molecule has 0 unspecified atom stereocenters. The molecule has 25 heavy (non-hydrogen) atoms. The molecule has 1 aliphatic heterocycles. The van der Waals surface area contributed by atoms with Gasteiger partial charge in [0.05, 0.1) is 22.3 Å². The smallest absolute Gasteiger partial charge is 0.264 e. The Morgan fingerprint density at radius 3 is 3.00 bits per heavy atom. The van der Waals surface area contributed by atoms with Gasteiger partial charge in [-0.25, -0.2) is 0 Å². The molecule has 1 atom stereocenters. The average Bonchev–Trinajstić information content (AvgIpc) is 3.29. The van der Waals surface area contributed by atoms with Crippen LogP contribution in [0.2, 0.25) is 0 Å². The normalized spacial score (nSPS) is 19.6. The van der Waals surface area contributed by atoms with Gasteiger partial charge in [0.25, 0.3) is 5.91 Å². The van der Waals surface area contributed by atoms with Gasteiger partial charge in [-0.2, -0.15) is 0 Å². The van der Waals surface area contributed by atoms with Crippen molar-refractivity contribution in [2.75, 3.05) is 20.6 Å². The van der Waals surface area contributed by atoms with E-state index in [9.17, 15) is 4.79 Å². The fourth-order valence-corrected chi connectivity index (χ4v) is 5.20. The van der Waals surface area contributed by atoms with Crippen molar-refractivity contribution in [2.45, 2.75) is 44.7 Å². The first-order valence-corrected chi connectivity index (χ1v) is 9.96. The first-order valence-electron chi connectivity index (χ1n) is 9.15. The third kappa shape index (κ3) is 3.35. The molecule has 2 aromatic rings. The molecule has 2 aromatic heterocycles. The van der Waals surface area contributed by atoms with E-state index < -0.39 is 0 Å². The number of nitrogens with zero attached hydrogens (tertiary/aromatic N) is 3. The predicted molar refractivity (Wildman–Crippen MR) is 101 cm³/mol. The maximum atomic E-state index is 13.1. The summed E-state index contributed by atoms with van der Waals surface area (Å²) in [6, 6.07) is 8.47. The molecule has 4 rings (SSSR count). The van der Waals surface area contributed by atoms with Crippen LogP contribution < -0.4 is 0 Å². The summed E-state index contributed by atoms with van der Waals surface area (Å²) in [6.45, 7) is 1.66. The first-order chi connectivity index (χ1) is 12.1. The van der Waals surface area contributed by atoms with Crippen molar-refractivity contribution >= 4 is 17.2 Å². The highest BCUT2D eigenvalue weighted by Crippen LogP contribution is 2.36. The van der Waals surface area contributed by atoms with Crippen molar-refractivity contribution < 1.29 is 4.79 Å². The van der Waals surface area contributed by atoms with Crippen molar-refractivity contribution in [3.8, 4) is 0 Å². The van der Waals surface area contributed by atoms with Gasteiger partial charge in [-0.3, -0.25) is 9.78 Å². The lowest BCUT2D eigenvalue weighted by atomic mass is 10.1. The summed E-state index contributed by atoms with van der Waals surface area (Å²) < 4.78 is 0. The molecular formula is C20H25N3OS. The van der Waals surface area contributed by atoms with Crippen LogP contribution in [0, 0.1) is 0 Å². The number of amides is 1. The van der Waals surface area contributed by atoms with E-state index in [0.29, 0.717) is 0 Å². The van der Waals surface area contributed by atoms with Crippen LogP contribution in [-0.2, 0) is 19.4 Å². The van der Waals surface area contributed by atoms with E-state index in [1.165, 1.54) is 16.9 Å². The molecule has 0 bridgehead atoms. The van der Waals surface area contributed by atoms with Crippen molar-refractivity contribution in [2.24, 2.45) is 0 Å². The highest BCUT2D eigenvalue weighted by molar-refractivity contribution is 7.14. The molecule has 0 aromatic carbocycles. The van der Waals surface area contributed by atoms with Gasteiger partial charge in [-0.15, -0.1) is 11.3 Å². The van der Waals surface area contributed by atoms with Crippen molar-refractivity contribution in [3.05, 3.63) is 51.0 Å². The molecule has 4 nitrogen and oxygen atoms in total. The fourth-order valence-electron chi connectivity index (χ4n) is 3.99. The molecule has 5 heteroatoms. The standard InChI is InChI=1S/C20H25N3OS/c1-22(2)13-15-7-4-8-16(21-15)17-9-5-11-23(17)20(24)19-12-14-6-3-10-18(14)25-19/h4,7-8,12,17H,3,5-6,9-11,13H2,1-2H3/t17-/m0/s1. The summed E-state index contributed by atoms with van der Waals surface area (Å²) in [5, 5.41) is 0. The molecule has 0 saturated carbocycles. The summed E-state index contributed by atoms with van der Waals surface area (Å²) in [5.74, 6) is 0.196. The number of carbonyl (C=O) groups excluding carboxylic acids is 1. The minimum Gasteiger partial charge on any atom is -0.329 e. The monoisotopic (exact) mass is 355 g/mol. The summed E-state index contributed by atoms with van der Waals surface area (Å²) in [5.41, 5.74) is 3.50. The molecule has 0 radical (unpaired) electrons. The van der Waals surface area contributed by atoms with Crippen molar-refractivity contribution in [1.29, 1.82) is 0 Å². The van der Waals surface area contributed by atoms with Crippen LogP contribution in [0.25, 0.3) is 0 Å². The lowest BCUT2D eigenvalue weighted by molar-refractivity contribution is 0.0737. The van der Waals surface area contributed by atoms with Crippen LogP contribution in [0.1, 0.15) is 56.8 Å². The van der Waals surface area contributed by atoms with Crippen LogP contribution in [-0.4, -0.2) is 41.3 Å². The van der Waals surface area contributed by atoms with Gasteiger partial charge in [0.2, 0.25) is 0 Å². The zero-order valence-electron chi connectivity index (χ0n) is 15.0. The molecule has 0 spiro atoms. The number of hydrogen-bond donors (Lipinski definition) is 0. The Labute approximate surface area is 153 Å². The number of carbonyl (C=O) groups is 1. The number of pyridine rings is 1. The molecule has 1 amide bonds. The number of aromatic nitrogens is 1. The Morgan fingerprint density at radius 2 is 2.20 bits per heavy atom. The second kappa shape index (κ2) is 6.89.